The molecule has 0 radical (unpaired) electrons. The van der Waals surface area contributed by atoms with Crippen LogP contribution in [0.15, 0.2) is 11.1 Å². The van der Waals surface area contributed by atoms with Gasteiger partial charge in [-0.3, -0.25) is 0 Å². The summed E-state index contributed by atoms with van der Waals surface area (Å²) in [6, 6.07) is 0. The first kappa shape index (κ1) is 13.7. The van der Waals surface area contributed by atoms with Crippen LogP contribution in [0, 0.1) is 5.92 Å². The molecule has 0 amide bonds. The zero-order valence-electron chi connectivity index (χ0n) is 9.41. The van der Waals surface area contributed by atoms with Crippen LogP contribution < -0.4 is 0 Å². The van der Waals surface area contributed by atoms with Crippen molar-refractivity contribution in [2.45, 2.75) is 40.0 Å². The molecule has 0 aromatic rings. The number of hydrogen-bond acceptors (Lipinski definition) is 2. The molecule has 0 rings (SSSR count). The third-order valence-electron chi connectivity index (χ3n) is 2.44. The summed E-state index contributed by atoms with van der Waals surface area (Å²) in [7, 11) is 0. The van der Waals surface area contributed by atoms with Gasteiger partial charge >= 0.3 is 11.9 Å². The summed E-state index contributed by atoms with van der Waals surface area (Å²) in [5.74, 6) is -2.49. The summed E-state index contributed by atoms with van der Waals surface area (Å²) < 4.78 is 0. The lowest BCUT2D eigenvalue weighted by Crippen LogP contribution is -2.15. The predicted octanol–water partition coefficient (Wildman–Crippen LogP) is 2.30. The van der Waals surface area contributed by atoms with Gasteiger partial charge in [0.05, 0.1) is 0 Å². The van der Waals surface area contributed by atoms with Crippen molar-refractivity contribution in [1.29, 1.82) is 0 Å². The zero-order chi connectivity index (χ0) is 12.0. The molecular weight excluding hydrogens is 196 g/mol. The van der Waals surface area contributed by atoms with Crippen LogP contribution in [0.4, 0.5) is 0 Å². The topological polar surface area (TPSA) is 74.6 Å². The summed E-state index contributed by atoms with van der Waals surface area (Å²) in [6.45, 7) is 5.11. The number of carboxylic acid groups (broad SMARTS) is 2. The molecule has 1 unspecified atom stereocenters. The zero-order valence-corrected chi connectivity index (χ0v) is 9.41. The largest absolute Gasteiger partial charge is 0.478 e. The number of carboxylic acids is 2. The number of aliphatic carboxylic acids is 2. The molecule has 0 saturated heterocycles. The van der Waals surface area contributed by atoms with E-state index in [-0.39, 0.29) is 17.1 Å². The SMILES string of the molecule is CCCCC(C)C(C(=O)O)=C(C)C(=O)O. The van der Waals surface area contributed by atoms with Crippen LogP contribution in [-0.2, 0) is 9.59 Å². The van der Waals surface area contributed by atoms with Crippen molar-refractivity contribution in [2.75, 3.05) is 0 Å². The van der Waals surface area contributed by atoms with Crippen LogP contribution in [0.25, 0.3) is 0 Å². The maximum absolute atomic E-state index is 10.9. The first-order valence-electron chi connectivity index (χ1n) is 5.09. The fourth-order valence-electron chi connectivity index (χ4n) is 1.51. The number of carbonyl (C=O) groups is 2. The van der Waals surface area contributed by atoms with Gasteiger partial charge in [0.1, 0.15) is 0 Å². The van der Waals surface area contributed by atoms with Gasteiger partial charge in [0.15, 0.2) is 0 Å². The van der Waals surface area contributed by atoms with Gasteiger partial charge in [-0.25, -0.2) is 9.59 Å². The fraction of sp³-hybridized carbons (Fsp3) is 0.636. The molecule has 0 aliphatic rings. The van der Waals surface area contributed by atoms with Gasteiger partial charge in [0, 0.05) is 11.1 Å². The molecule has 0 bridgehead atoms. The molecule has 0 fully saturated rings. The Morgan fingerprint density at radius 1 is 1.20 bits per heavy atom. The van der Waals surface area contributed by atoms with E-state index in [1.54, 1.807) is 6.92 Å². The minimum absolute atomic E-state index is 0.0240. The average molecular weight is 214 g/mol. The highest BCUT2D eigenvalue weighted by Crippen LogP contribution is 2.21. The van der Waals surface area contributed by atoms with Gasteiger partial charge in [-0.1, -0.05) is 26.7 Å². The Hall–Kier alpha value is -1.32. The Bertz CT molecular complexity index is 278. The van der Waals surface area contributed by atoms with E-state index in [1.165, 1.54) is 6.92 Å². The highest BCUT2D eigenvalue weighted by molar-refractivity contribution is 5.98. The quantitative estimate of drug-likeness (QED) is 0.665. The molecule has 0 aromatic carbocycles. The first-order chi connectivity index (χ1) is 6.91. The van der Waals surface area contributed by atoms with Crippen LogP contribution in [0.5, 0.6) is 0 Å². The molecule has 15 heavy (non-hydrogen) atoms. The van der Waals surface area contributed by atoms with Crippen LogP contribution in [0.2, 0.25) is 0 Å². The Morgan fingerprint density at radius 2 is 1.73 bits per heavy atom. The summed E-state index contributed by atoms with van der Waals surface area (Å²) in [5, 5.41) is 17.7. The van der Waals surface area contributed by atoms with Crippen molar-refractivity contribution in [3.05, 3.63) is 11.1 Å². The fourth-order valence-corrected chi connectivity index (χ4v) is 1.51. The standard InChI is InChI=1S/C11H18O4/c1-4-5-6-7(2)9(11(14)15)8(3)10(12)13/h7H,4-6H2,1-3H3,(H,12,13)(H,14,15). The molecule has 2 N–H and O–H groups in total. The van der Waals surface area contributed by atoms with Gasteiger partial charge in [0.2, 0.25) is 0 Å². The van der Waals surface area contributed by atoms with Gasteiger partial charge in [0.25, 0.3) is 0 Å². The molecule has 1 atom stereocenters. The smallest absolute Gasteiger partial charge is 0.332 e. The summed E-state index contributed by atoms with van der Waals surface area (Å²) >= 11 is 0. The van der Waals surface area contributed by atoms with Gasteiger partial charge in [-0.15, -0.1) is 0 Å². The number of unbranched alkanes of at least 4 members (excludes halogenated alkanes) is 1. The molecule has 4 nitrogen and oxygen atoms in total. The molecule has 86 valence electrons. The summed E-state index contributed by atoms with van der Waals surface area (Å²) in [4.78, 5) is 21.6. The van der Waals surface area contributed by atoms with Gasteiger partial charge in [-0.2, -0.15) is 0 Å². The Kier molecular flexibility index (Phi) is 5.67. The Labute approximate surface area is 89.6 Å². The van der Waals surface area contributed by atoms with Crippen LogP contribution >= 0.6 is 0 Å². The lowest BCUT2D eigenvalue weighted by Gasteiger charge is -2.13. The van der Waals surface area contributed by atoms with E-state index in [9.17, 15) is 9.59 Å². The maximum Gasteiger partial charge on any atom is 0.332 e. The lowest BCUT2D eigenvalue weighted by atomic mass is 9.92. The van der Waals surface area contributed by atoms with E-state index in [0.29, 0.717) is 6.42 Å². The molecule has 0 aromatic heterocycles. The molecule has 0 heterocycles. The third-order valence-corrected chi connectivity index (χ3v) is 2.44. The monoisotopic (exact) mass is 214 g/mol. The van der Waals surface area contributed by atoms with E-state index in [4.69, 9.17) is 10.2 Å². The van der Waals surface area contributed by atoms with Crippen molar-refractivity contribution in [2.24, 2.45) is 5.92 Å². The molecule has 0 aliphatic carbocycles. The Balaban J connectivity index is 4.89. The predicted molar refractivity (Wildman–Crippen MR) is 56.7 cm³/mol. The molecule has 0 saturated carbocycles. The molecule has 0 spiro atoms. The summed E-state index contributed by atoms with van der Waals surface area (Å²) in [6.07, 6.45) is 2.59. The molecule has 4 heteroatoms. The maximum atomic E-state index is 10.9. The summed E-state index contributed by atoms with van der Waals surface area (Å²) in [5.41, 5.74) is -0.0398. The van der Waals surface area contributed by atoms with Crippen molar-refractivity contribution in [1.82, 2.24) is 0 Å². The second kappa shape index (κ2) is 6.22. The van der Waals surface area contributed by atoms with E-state index < -0.39 is 11.9 Å². The van der Waals surface area contributed by atoms with Crippen LogP contribution in [0.3, 0.4) is 0 Å². The van der Waals surface area contributed by atoms with Crippen LogP contribution in [-0.4, -0.2) is 22.2 Å². The first-order valence-corrected chi connectivity index (χ1v) is 5.09. The van der Waals surface area contributed by atoms with E-state index in [0.717, 1.165) is 12.8 Å². The second-order valence-corrected chi connectivity index (χ2v) is 3.69. The van der Waals surface area contributed by atoms with Crippen molar-refractivity contribution in [3.8, 4) is 0 Å². The second-order valence-electron chi connectivity index (χ2n) is 3.69. The molecule has 0 aliphatic heterocycles. The third kappa shape index (κ3) is 4.14. The van der Waals surface area contributed by atoms with E-state index in [1.807, 2.05) is 6.92 Å². The normalized spacial score (nSPS) is 14.3. The van der Waals surface area contributed by atoms with E-state index in [2.05, 4.69) is 0 Å². The van der Waals surface area contributed by atoms with Gasteiger partial charge < -0.3 is 10.2 Å². The lowest BCUT2D eigenvalue weighted by molar-refractivity contribution is -0.136. The highest BCUT2D eigenvalue weighted by Gasteiger charge is 2.21. The van der Waals surface area contributed by atoms with Gasteiger partial charge in [-0.05, 0) is 19.3 Å². The van der Waals surface area contributed by atoms with Crippen molar-refractivity contribution in [3.63, 3.8) is 0 Å². The highest BCUT2D eigenvalue weighted by atomic mass is 16.4. The Morgan fingerprint density at radius 3 is 2.07 bits per heavy atom. The number of rotatable bonds is 6. The average Bonchev–Trinajstić information content (AvgIpc) is 2.14. The minimum atomic E-state index is -1.16. The van der Waals surface area contributed by atoms with Crippen molar-refractivity contribution < 1.29 is 19.8 Å². The molecular formula is C11H18O4. The number of hydrogen-bond donors (Lipinski definition) is 2. The minimum Gasteiger partial charge on any atom is -0.478 e. The van der Waals surface area contributed by atoms with E-state index >= 15 is 0 Å². The van der Waals surface area contributed by atoms with Crippen LogP contribution in [0.1, 0.15) is 40.0 Å². The van der Waals surface area contributed by atoms with Crippen molar-refractivity contribution >= 4 is 11.9 Å².